The molecule has 1 aromatic heterocycles. The van der Waals surface area contributed by atoms with Crippen molar-refractivity contribution in [3.8, 4) is 11.4 Å². The van der Waals surface area contributed by atoms with Gasteiger partial charge in [-0.1, -0.05) is 35.0 Å². The summed E-state index contributed by atoms with van der Waals surface area (Å²) in [5.74, 6) is -0.578. The first-order valence-electron chi connectivity index (χ1n) is 5.83. The van der Waals surface area contributed by atoms with Crippen LogP contribution in [0.4, 0.5) is 0 Å². The topological polar surface area (TPSA) is 80.9 Å². The van der Waals surface area contributed by atoms with Crippen LogP contribution < -0.4 is 0 Å². The molecular weight excluding hydrogens is 312 g/mol. The number of tetrazole rings is 1. The number of benzene rings is 1. The standard InChI is InChI=1S/C12H13BrN4O2/c1-8(12(18)19)6-7-17-11(14-15-16-17)9-2-4-10(13)5-3-9/h2-5,8H,6-7H2,1H3,(H,18,19). The summed E-state index contributed by atoms with van der Waals surface area (Å²) < 4.78 is 2.61. The van der Waals surface area contributed by atoms with E-state index >= 15 is 0 Å². The minimum absolute atomic E-state index is 0.415. The maximum absolute atomic E-state index is 10.8. The number of aliphatic carboxylic acids is 1. The lowest BCUT2D eigenvalue weighted by Crippen LogP contribution is -2.13. The fourth-order valence-electron chi connectivity index (χ4n) is 1.60. The number of hydrogen-bond acceptors (Lipinski definition) is 4. The van der Waals surface area contributed by atoms with Crippen LogP contribution in [0.25, 0.3) is 11.4 Å². The van der Waals surface area contributed by atoms with Crippen molar-refractivity contribution >= 4 is 21.9 Å². The van der Waals surface area contributed by atoms with Crippen LogP contribution in [0.2, 0.25) is 0 Å². The number of halogens is 1. The number of hydrogen-bond donors (Lipinski definition) is 1. The Morgan fingerprint density at radius 3 is 2.74 bits per heavy atom. The van der Waals surface area contributed by atoms with Crippen molar-refractivity contribution in [3.63, 3.8) is 0 Å². The number of carboxylic acid groups (broad SMARTS) is 1. The van der Waals surface area contributed by atoms with Crippen molar-refractivity contribution in [1.29, 1.82) is 0 Å². The lowest BCUT2D eigenvalue weighted by atomic mass is 10.1. The molecule has 1 atom stereocenters. The Kier molecular flexibility index (Phi) is 4.26. The second-order valence-corrected chi connectivity index (χ2v) is 5.18. The maximum atomic E-state index is 10.8. The number of rotatable bonds is 5. The van der Waals surface area contributed by atoms with Gasteiger partial charge in [0.2, 0.25) is 0 Å². The summed E-state index contributed by atoms with van der Waals surface area (Å²) in [6, 6.07) is 7.64. The fourth-order valence-corrected chi connectivity index (χ4v) is 1.86. The second kappa shape index (κ2) is 5.92. The SMILES string of the molecule is CC(CCn1nnnc1-c1ccc(Br)cc1)C(=O)O. The van der Waals surface area contributed by atoms with E-state index < -0.39 is 11.9 Å². The summed E-state index contributed by atoms with van der Waals surface area (Å²) in [5, 5.41) is 20.4. The van der Waals surface area contributed by atoms with Gasteiger partial charge >= 0.3 is 5.97 Å². The number of aromatic nitrogens is 4. The lowest BCUT2D eigenvalue weighted by molar-refractivity contribution is -0.141. The van der Waals surface area contributed by atoms with Gasteiger partial charge in [0.05, 0.1) is 5.92 Å². The van der Waals surface area contributed by atoms with Crippen molar-refractivity contribution in [1.82, 2.24) is 20.2 Å². The molecule has 1 heterocycles. The number of carboxylic acids is 1. The van der Waals surface area contributed by atoms with Crippen LogP contribution in [0.3, 0.4) is 0 Å². The predicted molar refractivity (Wildman–Crippen MR) is 72.4 cm³/mol. The van der Waals surface area contributed by atoms with Gasteiger partial charge in [-0.15, -0.1) is 5.10 Å². The first-order chi connectivity index (χ1) is 9.08. The molecule has 0 spiro atoms. The largest absolute Gasteiger partial charge is 0.481 e. The van der Waals surface area contributed by atoms with Crippen LogP contribution >= 0.6 is 15.9 Å². The van der Waals surface area contributed by atoms with Crippen LogP contribution in [-0.4, -0.2) is 31.3 Å². The van der Waals surface area contributed by atoms with Crippen LogP contribution in [0, 0.1) is 5.92 Å². The third kappa shape index (κ3) is 3.37. The van der Waals surface area contributed by atoms with Crippen LogP contribution in [0.1, 0.15) is 13.3 Å². The Bertz CT molecular complexity index is 567. The summed E-state index contributed by atoms with van der Waals surface area (Å²) in [6.07, 6.45) is 0.490. The summed E-state index contributed by atoms with van der Waals surface area (Å²) in [7, 11) is 0. The zero-order valence-electron chi connectivity index (χ0n) is 10.3. The van der Waals surface area contributed by atoms with Crippen molar-refractivity contribution < 1.29 is 9.90 Å². The second-order valence-electron chi connectivity index (χ2n) is 4.26. The zero-order chi connectivity index (χ0) is 13.8. The molecule has 1 N–H and O–H groups in total. The molecule has 1 unspecified atom stereocenters. The van der Waals surface area contributed by atoms with Gasteiger partial charge < -0.3 is 5.11 Å². The highest BCUT2D eigenvalue weighted by molar-refractivity contribution is 9.10. The van der Waals surface area contributed by atoms with E-state index in [4.69, 9.17) is 5.11 Å². The molecule has 6 nitrogen and oxygen atoms in total. The minimum Gasteiger partial charge on any atom is -0.481 e. The van der Waals surface area contributed by atoms with Crippen molar-refractivity contribution in [2.75, 3.05) is 0 Å². The quantitative estimate of drug-likeness (QED) is 0.911. The van der Waals surface area contributed by atoms with Gasteiger partial charge in [0.25, 0.3) is 0 Å². The summed E-state index contributed by atoms with van der Waals surface area (Å²) in [6.45, 7) is 2.15. The predicted octanol–water partition coefficient (Wildman–Crippen LogP) is 2.21. The molecule has 0 radical (unpaired) electrons. The number of nitrogens with zero attached hydrogens (tertiary/aromatic N) is 4. The maximum Gasteiger partial charge on any atom is 0.306 e. The van der Waals surface area contributed by atoms with E-state index in [1.54, 1.807) is 11.6 Å². The molecule has 0 fully saturated rings. The van der Waals surface area contributed by atoms with Gasteiger partial charge in [0.1, 0.15) is 0 Å². The first-order valence-corrected chi connectivity index (χ1v) is 6.62. The minimum atomic E-state index is -0.807. The molecule has 0 bridgehead atoms. The van der Waals surface area contributed by atoms with E-state index in [1.807, 2.05) is 24.3 Å². The number of aryl methyl sites for hydroxylation is 1. The van der Waals surface area contributed by atoms with E-state index in [2.05, 4.69) is 31.5 Å². The molecule has 100 valence electrons. The molecule has 7 heteroatoms. The van der Waals surface area contributed by atoms with E-state index in [0.29, 0.717) is 18.8 Å². The Balaban J connectivity index is 2.14. The normalized spacial score (nSPS) is 12.3. The molecule has 0 saturated heterocycles. The van der Waals surface area contributed by atoms with Crippen LogP contribution in [0.5, 0.6) is 0 Å². The monoisotopic (exact) mass is 324 g/mol. The van der Waals surface area contributed by atoms with Gasteiger partial charge in [-0.3, -0.25) is 4.79 Å². The fraction of sp³-hybridized carbons (Fsp3) is 0.333. The number of carbonyl (C=O) groups is 1. The third-order valence-corrected chi connectivity index (χ3v) is 3.36. The smallest absolute Gasteiger partial charge is 0.306 e. The summed E-state index contributed by atoms with van der Waals surface area (Å²) in [5.41, 5.74) is 0.899. The van der Waals surface area contributed by atoms with Crippen LogP contribution in [0.15, 0.2) is 28.7 Å². The molecule has 19 heavy (non-hydrogen) atoms. The molecule has 0 amide bonds. The summed E-state index contributed by atoms with van der Waals surface area (Å²) >= 11 is 3.37. The Morgan fingerprint density at radius 1 is 1.42 bits per heavy atom. The van der Waals surface area contributed by atoms with Crippen molar-refractivity contribution in [2.45, 2.75) is 19.9 Å². The molecule has 0 aliphatic heterocycles. The Labute approximate surface area is 118 Å². The van der Waals surface area contributed by atoms with E-state index in [1.165, 1.54) is 0 Å². The van der Waals surface area contributed by atoms with Crippen LogP contribution in [-0.2, 0) is 11.3 Å². The average Bonchev–Trinajstić information content (AvgIpc) is 2.85. The molecule has 2 aromatic rings. The third-order valence-electron chi connectivity index (χ3n) is 2.83. The van der Waals surface area contributed by atoms with Crippen molar-refractivity contribution in [2.24, 2.45) is 5.92 Å². The first kappa shape index (κ1) is 13.7. The molecule has 0 saturated carbocycles. The molecule has 0 aliphatic rings. The van der Waals surface area contributed by atoms with Crippen molar-refractivity contribution in [3.05, 3.63) is 28.7 Å². The highest BCUT2D eigenvalue weighted by atomic mass is 79.9. The molecule has 0 aliphatic carbocycles. The molecule has 1 aromatic carbocycles. The lowest BCUT2D eigenvalue weighted by Gasteiger charge is -2.07. The van der Waals surface area contributed by atoms with E-state index in [0.717, 1.165) is 10.0 Å². The van der Waals surface area contributed by atoms with E-state index in [-0.39, 0.29) is 0 Å². The van der Waals surface area contributed by atoms with Gasteiger partial charge in [-0.25, -0.2) is 4.68 Å². The zero-order valence-corrected chi connectivity index (χ0v) is 11.9. The van der Waals surface area contributed by atoms with Gasteiger partial charge in [0, 0.05) is 16.6 Å². The highest BCUT2D eigenvalue weighted by Crippen LogP contribution is 2.19. The molecular formula is C12H13BrN4O2. The Morgan fingerprint density at radius 2 is 2.11 bits per heavy atom. The van der Waals surface area contributed by atoms with E-state index in [9.17, 15) is 4.79 Å². The summed E-state index contributed by atoms with van der Waals surface area (Å²) in [4.78, 5) is 10.8. The average molecular weight is 325 g/mol. The van der Waals surface area contributed by atoms with Gasteiger partial charge in [0.15, 0.2) is 5.82 Å². The van der Waals surface area contributed by atoms with Gasteiger partial charge in [-0.2, -0.15) is 0 Å². The highest BCUT2D eigenvalue weighted by Gasteiger charge is 2.14. The van der Waals surface area contributed by atoms with Gasteiger partial charge in [-0.05, 0) is 29.0 Å². The Hall–Kier alpha value is -1.76. The molecule has 2 rings (SSSR count).